The Balaban J connectivity index is 1.25. The number of benzene rings is 7. The zero-order valence-electron chi connectivity index (χ0n) is 26.7. The third-order valence-corrected chi connectivity index (χ3v) is 9.66. The fourth-order valence-electron chi connectivity index (χ4n) is 7.54. The van der Waals surface area contributed by atoms with E-state index < -0.39 is 0 Å². The van der Waals surface area contributed by atoms with E-state index in [1.165, 1.54) is 0 Å². The topological polar surface area (TPSA) is 81.2 Å². The van der Waals surface area contributed by atoms with Crippen molar-refractivity contribution in [3.63, 3.8) is 0 Å². The monoisotopic (exact) mass is 635 g/mol. The van der Waals surface area contributed by atoms with E-state index in [1.54, 1.807) is 0 Å². The normalized spacial score (nSPS) is 11.1. The molecular formula is C45H25N5. The van der Waals surface area contributed by atoms with Crippen LogP contribution >= 0.6 is 0 Å². The van der Waals surface area contributed by atoms with Crippen LogP contribution in [0.4, 0.5) is 0 Å². The maximum atomic E-state index is 10.5. The Morgan fingerprint density at radius 2 is 1.04 bits per heavy atom. The Morgan fingerprint density at radius 1 is 0.420 bits per heavy atom. The van der Waals surface area contributed by atoms with Crippen LogP contribution in [-0.2, 0) is 0 Å². The molecule has 0 radical (unpaired) electrons. The van der Waals surface area contributed by atoms with Gasteiger partial charge in [0.15, 0.2) is 0 Å². The minimum absolute atomic E-state index is 0.577. The first-order valence-corrected chi connectivity index (χ1v) is 16.3. The number of hydrogen-bond acceptors (Lipinski definition) is 3. The summed E-state index contributed by atoms with van der Waals surface area (Å²) in [6, 6.07) is 57.8. The van der Waals surface area contributed by atoms with Crippen molar-refractivity contribution in [2.45, 2.75) is 0 Å². The van der Waals surface area contributed by atoms with Crippen molar-refractivity contribution in [1.82, 2.24) is 9.13 Å². The van der Waals surface area contributed by atoms with Crippen LogP contribution in [0.5, 0.6) is 0 Å². The molecule has 0 spiro atoms. The number of hydrogen-bond donors (Lipinski definition) is 0. The van der Waals surface area contributed by atoms with Crippen LogP contribution in [0.3, 0.4) is 0 Å². The predicted octanol–water partition coefficient (Wildman–Crippen LogP) is 10.8. The molecule has 7 aromatic carbocycles. The maximum absolute atomic E-state index is 10.5. The molecule has 2 aromatic heterocycles. The number of fused-ring (bicyclic) bond motifs is 6. The Morgan fingerprint density at radius 3 is 1.82 bits per heavy atom. The van der Waals surface area contributed by atoms with Gasteiger partial charge in [0, 0.05) is 38.4 Å². The first-order chi connectivity index (χ1) is 24.7. The molecule has 5 heteroatoms. The van der Waals surface area contributed by atoms with Gasteiger partial charge in [0.05, 0.1) is 62.7 Å². The second-order valence-corrected chi connectivity index (χ2v) is 12.3. The van der Waals surface area contributed by atoms with E-state index in [9.17, 15) is 15.8 Å². The summed E-state index contributed by atoms with van der Waals surface area (Å²) in [6.45, 7) is 0. The average Bonchev–Trinajstić information content (AvgIpc) is 3.70. The SMILES string of the molecule is N#Cc1ccc2c(c1)c1ccccc1n2-c1ccc(-c2cccc(C#N)c2-c2ccccc2-n2c3ccccc3c3c(C#N)cccc32)cc1. The van der Waals surface area contributed by atoms with Crippen molar-refractivity contribution in [3.8, 4) is 51.8 Å². The van der Waals surface area contributed by atoms with E-state index in [0.717, 1.165) is 77.2 Å². The van der Waals surface area contributed by atoms with Gasteiger partial charge < -0.3 is 9.13 Å². The van der Waals surface area contributed by atoms with E-state index in [0.29, 0.717) is 16.7 Å². The highest BCUT2D eigenvalue weighted by Gasteiger charge is 2.21. The molecule has 0 amide bonds. The molecule has 0 atom stereocenters. The lowest BCUT2D eigenvalue weighted by Gasteiger charge is -2.18. The van der Waals surface area contributed by atoms with Crippen LogP contribution in [0.15, 0.2) is 152 Å². The molecule has 0 unspecified atom stereocenters. The summed E-state index contributed by atoms with van der Waals surface area (Å²) in [4.78, 5) is 0. The molecule has 50 heavy (non-hydrogen) atoms. The fourth-order valence-corrected chi connectivity index (χ4v) is 7.54. The summed E-state index contributed by atoms with van der Waals surface area (Å²) in [5.41, 5.74) is 11.5. The minimum atomic E-state index is 0.577. The maximum Gasteiger partial charge on any atom is 0.0998 e. The van der Waals surface area contributed by atoms with Crippen LogP contribution in [-0.4, -0.2) is 9.13 Å². The average molecular weight is 636 g/mol. The lowest BCUT2D eigenvalue weighted by molar-refractivity contribution is 1.18. The zero-order valence-corrected chi connectivity index (χ0v) is 26.7. The van der Waals surface area contributed by atoms with Crippen molar-refractivity contribution >= 4 is 43.6 Å². The van der Waals surface area contributed by atoms with Crippen molar-refractivity contribution in [2.24, 2.45) is 0 Å². The summed E-state index contributed by atoms with van der Waals surface area (Å²) in [5.74, 6) is 0. The number of para-hydroxylation sites is 3. The molecule has 0 saturated heterocycles. The molecule has 0 bridgehead atoms. The van der Waals surface area contributed by atoms with Gasteiger partial charge in [-0.3, -0.25) is 0 Å². The summed E-state index contributed by atoms with van der Waals surface area (Å²) in [6.07, 6.45) is 0. The second-order valence-electron chi connectivity index (χ2n) is 12.3. The lowest BCUT2D eigenvalue weighted by Crippen LogP contribution is -2.00. The van der Waals surface area contributed by atoms with Gasteiger partial charge in [-0.2, -0.15) is 15.8 Å². The Hall–Kier alpha value is -7.39. The fraction of sp³-hybridized carbons (Fsp3) is 0. The van der Waals surface area contributed by atoms with Crippen LogP contribution in [0.1, 0.15) is 16.7 Å². The van der Waals surface area contributed by atoms with Gasteiger partial charge in [-0.25, -0.2) is 0 Å². The van der Waals surface area contributed by atoms with E-state index in [-0.39, 0.29) is 0 Å². The minimum Gasteiger partial charge on any atom is -0.309 e. The number of nitriles is 3. The van der Waals surface area contributed by atoms with E-state index in [2.05, 4.69) is 100 Å². The van der Waals surface area contributed by atoms with Gasteiger partial charge in [0.1, 0.15) is 0 Å². The highest BCUT2D eigenvalue weighted by Crippen LogP contribution is 2.42. The standard InChI is InChI=1S/C45H25N5/c46-26-29-19-24-42-38(25-29)35-11-1-4-15-39(35)49(42)33-22-20-30(21-23-33)34-14-7-9-31(27-47)44(34)36-12-2-5-16-40(36)50-41-17-6-3-13-37(41)45-32(28-48)10-8-18-43(45)50/h1-25H. The molecule has 0 fully saturated rings. The van der Waals surface area contributed by atoms with E-state index >= 15 is 0 Å². The number of rotatable bonds is 4. The number of nitrogens with zero attached hydrogens (tertiary/aromatic N) is 5. The second kappa shape index (κ2) is 11.4. The van der Waals surface area contributed by atoms with Crippen molar-refractivity contribution < 1.29 is 0 Å². The molecule has 0 aliphatic carbocycles. The lowest BCUT2D eigenvalue weighted by atomic mass is 9.89. The molecule has 0 saturated carbocycles. The highest BCUT2D eigenvalue weighted by atomic mass is 15.0. The largest absolute Gasteiger partial charge is 0.309 e. The molecule has 0 aliphatic rings. The number of aromatic nitrogens is 2. The van der Waals surface area contributed by atoms with Gasteiger partial charge in [-0.1, -0.05) is 84.9 Å². The Bertz CT molecular complexity index is 2960. The molecule has 9 aromatic rings. The first kappa shape index (κ1) is 28.8. The van der Waals surface area contributed by atoms with Gasteiger partial charge in [-0.15, -0.1) is 0 Å². The van der Waals surface area contributed by atoms with Gasteiger partial charge in [0.25, 0.3) is 0 Å². The van der Waals surface area contributed by atoms with Crippen molar-refractivity contribution in [3.05, 3.63) is 168 Å². The molecular weight excluding hydrogens is 611 g/mol. The van der Waals surface area contributed by atoms with Gasteiger partial charge >= 0.3 is 0 Å². The molecule has 0 aliphatic heterocycles. The predicted molar refractivity (Wildman–Crippen MR) is 200 cm³/mol. The van der Waals surface area contributed by atoms with E-state index in [4.69, 9.17) is 0 Å². The summed E-state index contributed by atoms with van der Waals surface area (Å²) in [7, 11) is 0. The van der Waals surface area contributed by atoms with Crippen LogP contribution in [0.2, 0.25) is 0 Å². The van der Waals surface area contributed by atoms with Crippen LogP contribution < -0.4 is 0 Å². The highest BCUT2D eigenvalue weighted by molar-refractivity contribution is 6.13. The van der Waals surface area contributed by atoms with Crippen LogP contribution in [0.25, 0.3) is 77.2 Å². The molecule has 2 heterocycles. The molecule has 9 rings (SSSR count). The Kier molecular flexibility index (Phi) is 6.56. The van der Waals surface area contributed by atoms with Gasteiger partial charge in [0.2, 0.25) is 0 Å². The zero-order chi connectivity index (χ0) is 33.8. The third kappa shape index (κ3) is 4.24. The quantitative estimate of drug-likeness (QED) is 0.193. The summed E-state index contributed by atoms with van der Waals surface area (Å²) < 4.78 is 4.44. The van der Waals surface area contributed by atoms with Crippen molar-refractivity contribution in [2.75, 3.05) is 0 Å². The molecule has 5 nitrogen and oxygen atoms in total. The summed E-state index contributed by atoms with van der Waals surface area (Å²) in [5, 5.41) is 34.1. The van der Waals surface area contributed by atoms with E-state index in [1.807, 2.05) is 78.9 Å². The molecule has 0 N–H and O–H groups in total. The van der Waals surface area contributed by atoms with Crippen LogP contribution in [0, 0.1) is 34.0 Å². The smallest absolute Gasteiger partial charge is 0.0998 e. The molecule has 230 valence electrons. The summed E-state index contributed by atoms with van der Waals surface area (Å²) >= 11 is 0. The van der Waals surface area contributed by atoms with Gasteiger partial charge in [-0.05, 0) is 77.9 Å². The third-order valence-electron chi connectivity index (χ3n) is 9.66. The Labute approximate surface area is 287 Å². The van der Waals surface area contributed by atoms with Crippen molar-refractivity contribution in [1.29, 1.82) is 15.8 Å². The first-order valence-electron chi connectivity index (χ1n) is 16.3.